The summed E-state index contributed by atoms with van der Waals surface area (Å²) >= 11 is 5.88. The van der Waals surface area contributed by atoms with Crippen LogP contribution in [-0.2, 0) is 9.53 Å². The van der Waals surface area contributed by atoms with Crippen LogP contribution in [0.5, 0.6) is 0 Å². The zero-order valence-corrected chi connectivity index (χ0v) is 16.2. The van der Waals surface area contributed by atoms with E-state index in [2.05, 4.69) is 6.92 Å². The van der Waals surface area contributed by atoms with Crippen molar-refractivity contribution >= 4 is 29.2 Å². The summed E-state index contributed by atoms with van der Waals surface area (Å²) in [6, 6.07) is 11.6. The first-order valence-electron chi connectivity index (χ1n) is 8.96. The third kappa shape index (κ3) is 5.54. The fraction of sp³-hybridized carbons (Fsp3) is 0.333. The number of hydrogen-bond acceptors (Lipinski definition) is 3. The monoisotopic (exact) mass is 391 g/mol. The third-order valence-corrected chi connectivity index (χ3v) is 4.43. The number of hydrogen-bond donors (Lipinski definition) is 0. The Morgan fingerprint density at radius 1 is 1.15 bits per heavy atom. The van der Waals surface area contributed by atoms with Gasteiger partial charge in [-0.2, -0.15) is 0 Å². The van der Waals surface area contributed by atoms with Crippen LogP contribution in [0.15, 0.2) is 48.5 Å². The summed E-state index contributed by atoms with van der Waals surface area (Å²) in [4.78, 5) is 26.8. The van der Waals surface area contributed by atoms with Gasteiger partial charge in [0.2, 0.25) is 0 Å². The first-order chi connectivity index (χ1) is 13.0. The average molecular weight is 392 g/mol. The van der Waals surface area contributed by atoms with Gasteiger partial charge in [-0.15, -0.1) is 0 Å². The third-order valence-electron chi connectivity index (χ3n) is 4.14. The predicted octanol–water partition coefficient (Wildman–Crippen LogP) is 5.25. The first-order valence-corrected chi connectivity index (χ1v) is 9.33. The number of ether oxygens (including phenoxy) is 1. The topological polar surface area (TPSA) is 46.6 Å². The second-order valence-electron chi connectivity index (χ2n) is 6.19. The molecule has 0 radical (unpaired) electrons. The second kappa shape index (κ2) is 10.1. The molecule has 0 aliphatic rings. The smallest absolute Gasteiger partial charge is 0.328 e. The van der Waals surface area contributed by atoms with Crippen molar-refractivity contribution in [3.8, 4) is 0 Å². The molecule has 2 aromatic carbocycles. The highest BCUT2D eigenvalue weighted by Crippen LogP contribution is 2.26. The molecule has 144 valence electrons. The lowest BCUT2D eigenvalue weighted by Gasteiger charge is -2.28. The number of halogens is 2. The van der Waals surface area contributed by atoms with E-state index < -0.39 is 23.7 Å². The highest BCUT2D eigenvalue weighted by Gasteiger charge is 2.29. The van der Waals surface area contributed by atoms with Crippen LogP contribution in [0.25, 0.3) is 0 Å². The molecule has 1 amide bonds. The molecule has 2 rings (SSSR count). The fourth-order valence-electron chi connectivity index (χ4n) is 2.62. The van der Waals surface area contributed by atoms with Crippen molar-refractivity contribution in [1.29, 1.82) is 0 Å². The van der Waals surface area contributed by atoms with Crippen molar-refractivity contribution in [1.82, 2.24) is 0 Å². The molecular formula is C21H23ClFNO3. The number of amides is 1. The second-order valence-corrected chi connectivity index (χ2v) is 6.60. The van der Waals surface area contributed by atoms with Crippen LogP contribution in [0.3, 0.4) is 0 Å². The predicted molar refractivity (Wildman–Crippen MR) is 105 cm³/mol. The number of rotatable bonds is 8. The number of unbranched alkanes of at least 4 members (excludes halogenated alkanes) is 2. The maximum absolute atomic E-state index is 13.6. The number of carbonyl (C=O) groups is 2. The van der Waals surface area contributed by atoms with Gasteiger partial charge in [0.05, 0.1) is 11.6 Å². The SMILES string of the molecule is CCCCCOC(=O)[C@@H](C)N(C(=O)c1ccccc1)c1ccc(F)c(Cl)c1. The highest BCUT2D eigenvalue weighted by atomic mass is 35.5. The zero-order valence-electron chi connectivity index (χ0n) is 15.5. The molecule has 0 fully saturated rings. The van der Waals surface area contributed by atoms with E-state index in [0.29, 0.717) is 17.9 Å². The van der Waals surface area contributed by atoms with Gasteiger partial charge in [-0.25, -0.2) is 9.18 Å². The van der Waals surface area contributed by atoms with E-state index in [1.807, 2.05) is 0 Å². The Hall–Kier alpha value is -2.40. The van der Waals surface area contributed by atoms with Crippen LogP contribution in [-0.4, -0.2) is 24.5 Å². The summed E-state index contributed by atoms with van der Waals surface area (Å²) in [5, 5.41) is -0.123. The first kappa shape index (κ1) is 20.9. The molecule has 0 saturated carbocycles. The fourth-order valence-corrected chi connectivity index (χ4v) is 2.80. The molecule has 0 spiro atoms. The molecule has 0 aliphatic heterocycles. The van der Waals surface area contributed by atoms with E-state index >= 15 is 0 Å². The van der Waals surface area contributed by atoms with Crippen molar-refractivity contribution in [2.45, 2.75) is 39.2 Å². The Bertz CT molecular complexity index is 782. The molecule has 6 heteroatoms. The largest absolute Gasteiger partial charge is 0.464 e. The number of anilines is 1. The van der Waals surface area contributed by atoms with Gasteiger partial charge < -0.3 is 4.74 Å². The molecule has 4 nitrogen and oxygen atoms in total. The van der Waals surface area contributed by atoms with Gasteiger partial charge in [0.15, 0.2) is 0 Å². The Kier molecular flexibility index (Phi) is 7.80. The van der Waals surface area contributed by atoms with Crippen molar-refractivity contribution < 1.29 is 18.7 Å². The summed E-state index contributed by atoms with van der Waals surface area (Å²) < 4.78 is 18.9. The summed E-state index contributed by atoms with van der Waals surface area (Å²) in [6.07, 6.45) is 2.74. The molecule has 0 N–H and O–H groups in total. The standard InChI is InChI=1S/C21H23ClFNO3/c1-3-4-8-13-27-21(26)15(2)24(17-11-12-19(23)18(22)14-17)20(25)16-9-6-5-7-10-16/h5-7,9-12,14-15H,3-4,8,13H2,1-2H3/t15-/m1/s1. The van der Waals surface area contributed by atoms with E-state index in [-0.39, 0.29) is 5.02 Å². The van der Waals surface area contributed by atoms with Crippen LogP contribution in [0.4, 0.5) is 10.1 Å². The number of carbonyl (C=O) groups excluding carboxylic acids is 2. The molecular weight excluding hydrogens is 369 g/mol. The molecule has 1 atom stereocenters. The molecule has 0 unspecified atom stereocenters. The summed E-state index contributed by atoms with van der Waals surface area (Å²) in [6.45, 7) is 3.94. The Balaban J connectivity index is 2.30. The van der Waals surface area contributed by atoms with Crippen molar-refractivity contribution in [2.75, 3.05) is 11.5 Å². The van der Waals surface area contributed by atoms with Crippen LogP contribution >= 0.6 is 11.6 Å². The average Bonchev–Trinajstić information content (AvgIpc) is 2.68. The van der Waals surface area contributed by atoms with E-state index in [1.165, 1.54) is 23.1 Å². The van der Waals surface area contributed by atoms with Gasteiger partial charge in [-0.05, 0) is 43.7 Å². The van der Waals surface area contributed by atoms with Gasteiger partial charge in [0.25, 0.3) is 5.91 Å². The Labute approximate surface area is 163 Å². The van der Waals surface area contributed by atoms with E-state index in [1.54, 1.807) is 37.3 Å². The minimum atomic E-state index is -0.888. The minimum Gasteiger partial charge on any atom is -0.464 e. The van der Waals surface area contributed by atoms with Crippen LogP contribution in [0.1, 0.15) is 43.5 Å². The van der Waals surface area contributed by atoms with E-state index in [9.17, 15) is 14.0 Å². The zero-order chi connectivity index (χ0) is 19.8. The van der Waals surface area contributed by atoms with E-state index in [4.69, 9.17) is 16.3 Å². The van der Waals surface area contributed by atoms with Crippen molar-refractivity contribution in [3.63, 3.8) is 0 Å². The van der Waals surface area contributed by atoms with Crippen molar-refractivity contribution in [2.24, 2.45) is 0 Å². The number of esters is 1. The van der Waals surface area contributed by atoms with Gasteiger partial charge in [0.1, 0.15) is 11.9 Å². The molecule has 0 aliphatic carbocycles. The lowest BCUT2D eigenvalue weighted by molar-refractivity contribution is -0.144. The Morgan fingerprint density at radius 2 is 1.85 bits per heavy atom. The number of nitrogens with zero attached hydrogens (tertiary/aromatic N) is 1. The maximum Gasteiger partial charge on any atom is 0.328 e. The van der Waals surface area contributed by atoms with Crippen LogP contribution in [0, 0.1) is 5.82 Å². The number of benzene rings is 2. The summed E-state index contributed by atoms with van der Waals surface area (Å²) in [5.74, 6) is -1.51. The maximum atomic E-state index is 13.6. The summed E-state index contributed by atoms with van der Waals surface area (Å²) in [7, 11) is 0. The minimum absolute atomic E-state index is 0.123. The molecule has 27 heavy (non-hydrogen) atoms. The van der Waals surface area contributed by atoms with Gasteiger partial charge in [-0.1, -0.05) is 49.6 Å². The molecule has 0 heterocycles. The van der Waals surface area contributed by atoms with Gasteiger partial charge in [0, 0.05) is 11.3 Å². The molecule has 2 aromatic rings. The van der Waals surface area contributed by atoms with E-state index in [0.717, 1.165) is 19.3 Å². The van der Waals surface area contributed by atoms with Crippen LogP contribution < -0.4 is 4.90 Å². The molecule has 0 bridgehead atoms. The molecule has 0 saturated heterocycles. The summed E-state index contributed by atoms with van der Waals surface area (Å²) in [5.41, 5.74) is 0.733. The van der Waals surface area contributed by atoms with Gasteiger partial charge >= 0.3 is 5.97 Å². The molecule has 0 aromatic heterocycles. The Morgan fingerprint density at radius 3 is 2.48 bits per heavy atom. The normalized spacial score (nSPS) is 11.7. The lowest BCUT2D eigenvalue weighted by atomic mass is 10.1. The highest BCUT2D eigenvalue weighted by molar-refractivity contribution is 6.31. The lowest BCUT2D eigenvalue weighted by Crippen LogP contribution is -2.44. The van der Waals surface area contributed by atoms with Crippen LogP contribution in [0.2, 0.25) is 5.02 Å². The van der Waals surface area contributed by atoms with Gasteiger partial charge in [-0.3, -0.25) is 9.69 Å². The van der Waals surface area contributed by atoms with Crippen molar-refractivity contribution in [3.05, 3.63) is 64.9 Å². The quantitative estimate of drug-likeness (QED) is 0.456.